The van der Waals surface area contributed by atoms with Crippen molar-refractivity contribution in [3.8, 4) is 0 Å². The van der Waals surface area contributed by atoms with Crippen LogP contribution in [0.5, 0.6) is 0 Å². The van der Waals surface area contributed by atoms with Gasteiger partial charge in [-0.05, 0) is 0 Å². The van der Waals surface area contributed by atoms with Crippen molar-refractivity contribution in [3.63, 3.8) is 0 Å². The average Bonchev–Trinajstić information content (AvgIpc) is 1.81. The Hall–Kier alpha value is -0.200. The highest BCUT2D eigenvalue weighted by Gasteiger charge is 2.53. The predicted molar refractivity (Wildman–Crippen MR) is 24.9 cm³/mol. The number of hydrogen-bond acceptors (Lipinski definition) is 5. The summed E-state index contributed by atoms with van der Waals surface area (Å²) in [5, 5.41) is 34.4. The summed E-state index contributed by atoms with van der Waals surface area (Å²) in [4.78, 5) is 0. The fourth-order valence-electron chi connectivity index (χ4n) is 0.614. The van der Waals surface area contributed by atoms with Crippen molar-refractivity contribution in [2.45, 2.75) is 18.2 Å². The largest absolute Gasteiger partial charge is 0.359 e. The maximum Gasteiger partial charge on any atom is 0.335 e. The zero-order valence-electron chi connectivity index (χ0n) is 4.61. The Kier molecular flexibility index (Phi) is 1.26. The summed E-state index contributed by atoms with van der Waals surface area (Å²) >= 11 is 0. The minimum atomic E-state index is -2.80. The van der Waals surface area contributed by atoms with Crippen LogP contribution in [-0.4, -0.2) is 38.8 Å². The van der Waals surface area contributed by atoms with Gasteiger partial charge < -0.3 is 25.2 Å². The molecule has 4 N–H and O–H groups in total. The highest BCUT2D eigenvalue weighted by atomic mass is 16.8. The van der Waals surface area contributed by atoms with Crippen LogP contribution in [0.25, 0.3) is 0 Å². The van der Waals surface area contributed by atoms with Gasteiger partial charge in [-0.15, -0.1) is 0 Å². The van der Waals surface area contributed by atoms with E-state index in [0.29, 0.717) is 0 Å². The van der Waals surface area contributed by atoms with Crippen molar-refractivity contribution >= 4 is 0 Å². The third kappa shape index (κ3) is 0.930. The van der Waals surface area contributed by atoms with E-state index >= 15 is 0 Å². The molecule has 0 spiro atoms. The minimum Gasteiger partial charge on any atom is -0.359 e. The molecular weight excluding hydrogens is 128 g/mol. The molecular formula is C4H8O5. The van der Waals surface area contributed by atoms with Crippen LogP contribution in [0.1, 0.15) is 6.42 Å². The molecule has 1 aliphatic heterocycles. The van der Waals surface area contributed by atoms with Crippen LogP contribution in [0.2, 0.25) is 0 Å². The van der Waals surface area contributed by atoms with Gasteiger partial charge in [0.15, 0.2) is 0 Å². The summed E-state index contributed by atoms with van der Waals surface area (Å²) in [5.74, 6) is -5.32. The Morgan fingerprint density at radius 2 is 1.67 bits per heavy atom. The van der Waals surface area contributed by atoms with Gasteiger partial charge in [-0.25, -0.2) is 0 Å². The van der Waals surface area contributed by atoms with Crippen LogP contribution in [0.4, 0.5) is 0 Å². The van der Waals surface area contributed by atoms with Crippen molar-refractivity contribution in [3.05, 3.63) is 0 Å². The molecule has 5 heteroatoms. The molecule has 0 aromatic heterocycles. The van der Waals surface area contributed by atoms with Crippen LogP contribution < -0.4 is 0 Å². The Morgan fingerprint density at radius 3 is 1.78 bits per heavy atom. The lowest BCUT2D eigenvalue weighted by Crippen LogP contribution is -2.50. The average molecular weight is 136 g/mol. The van der Waals surface area contributed by atoms with Crippen LogP contribution >= 0.6 is 0 Å². The third-order valence-electron chi connectivity index (χ3n) is 1.28. The second kappa shape index (κ2) is 1.65. The van der Waals surface area contributed by atoms with Crippen molar-refractivity contribution < 1.29 is 25.2 Å². The predicted octanol–water partition coefficient (Wildman–Crippen LogP) is -2.27. The van der Waals surface area contributed by atoms with E-state index in [-0.39, 0.29) is 13.0 Å². The lowest BCUT2D eigenvalue weighted by atomic mass is 10.2. The zero-order chi connectivity index (χ0) is 7.12. The van der Waals surface area contributed by atoms with E-state index in [1.165, 1.54) is 0 Å². The van der Waals surface area contributed by atoms with Gasteiger partial charge in [0, 0.05) is 6.42 Å². The van der Waals surface area contributed by atoms with Crippen molar-refractivity contribution in [2.24, 2.45) is 0 Å². The summed E-state index contributed by atoms with van der Waals surface area (Å²) in [6, 6.07) is 0. The van der Waals surface area contributed by atoms with Crippen molar-refractivity contribution in [2.75, 3.05) is 6.61 Å². The van der Waals surface area contributed by atoms with Crippen molar-refractivity contribution in [1.82, 2.24) is 0 Å². The second-order valence-corrected chi connectivity index (χ2v) is 2.02. The molecule has 54 valence electrons. The maximum atomic E-state index is 8.65. The van der Waals surface area contributed by atoms with E-state index in [1.807, 2.05) is 0 Å². The quantitative estimate of drug-likeness (QED) is 0.282. The molecule has 0 bridgehead atoms. The first-order chi connectivity index (χ1) is 3.96. The van der Waals surface area contributed by atoms with E-state index in [1.54, 1.807) is 0 Å². The molecule has 0 atom stereocenters. The minimum absolute atomic E-state index is 0.0694. The van der Waals surface area contributed by atoms with Gasteiger partial charge in [-0.2, -0.15) is 0 Å². The zero-order valence-corrected chi connectivity index (χ0v) is 4.61. The normalized spacial score (nSPS) is 30.7. The van der Waals surface area contributed by atoms with E-state index in [2.05, 4.69) is 4.74 Å². The number of ether oxygens (including phenoxy) is 1. The first kappa shape index (κ1) is 6.91. The Labute approximate surface area is 51.1 Å². The lowest BCUT2D eigenvalue weighted by molar-refractivity contribution is -0.424. The smallest absolute Gasteiger partial charge is 0.335 e. The summed E-state index contributed by atoms with van der Waals surface area (Å²) in [7, 11) is 0. The molecule has 1 fully saturated rings. The van der Waals surface area contributed by atoms with Crippen molar-refractivity contribution in [1.29, 1.82) is 0 Å². The van der Waals surface area contributed by atoms with E-state index in [0.717, 1.165) is 0 Å². The van der Waals surface area contributed by atoms with Gasteiger partial charge in [0.25, 0.3) is 0 Å². The molecule has 1 aliphatic rings. The Bertz CT molecular complexity index is 104. The summed E-state index contributed by atoms with van der Waals surface area (Å²) in [6.07, 6.45) is -0.194. The van der Waals surface area contributed by atoms with Crippen LogP contribution in [0.3, 0.4) is 0 Å². The molecule has 1 heterocycles. The molecule has 0 radical (unpaired) electrons. The molecule has 0 saturated carbocycles. The molecule has 0 amide bonds. The first-order valence-corrected chi connectivity index (χ1v) is 2.49. The molecule has 5 nitrogen and oxygen atoms in total. The summed E-state index contributed by atoms with van der Waals surface area (Å²) in [6.45, 7) is -0.0694. The van der Waals surface area contributed by atoms with Gasteiger partial charge in [-0.1, -0.05) is 0 Å². The van der Waals surface area contributed by atoms with E-state index in [9.17, 15) is 0 Å². The Morgan fingerprint density at radius 1 is 1.11 bits per heavy atom. The topological polar surface area (TPSA) is 90.2 Å². The summed E-state index contributed by atoms with van der Waals surface area (Å²) < 4.78 is 4.17. The van der Waals surface area contributed by atoms with Gasteiger partial charge in [0.05, 0.1) is 6.61 Å². The number of hydrogen-bond donors (Lipinski definition) is 4. The van der Waals surface area contributed by atoms with Crippen LogP contribution in [0, 0.1) is 0 Å². The number of aliphatic hydroxyl groups is 4. The third-order valence-corrected chi connectivity index (χ3v) is 1.28. The molecule has 1 saturated heterocycles. The highest BCUT2D eigenvalue weighted by molar-refractivity contribution is 4.79. The molecule has 0 unspecified atom stereocenters. The fourth-order valence-corrected chi connectivity index (χ4v) is 0.614. The molecule has 0 aromatic rings. The van der Waals surface area contributed by atoms with Gasteiger partial charge in [0.1, 0.15) is 0 Å². The van der Waals surface area contributed by atoms with Crippen LogP contribution in [0.15, 0.2) is 0 Å². The maximum absolute atomic E-state index is 8.65. The van der Waals surface area contributed by atoms with E-state index < -0.39 is 11.8 Å². The standard InChI is InChI=1S/C4H8O5/c5-3(6)1-2-9-4(3,7)8/h5-8H,1-2H2. The van der Waals surface area contributed by atoms with Crippen LogP contribution in [-0.2, 0) is 4.74 Å². The second-order valence-electron chi connectivity index (χ2n) is 2.02. The first-order valence-electron chi connectivity index (χ1n) is 2.49. The molecule has 0 aromatic carbocycles. The SMILES string of the molecule is OC1(O)CCOC1(O)O. The van der Waals surface area contributed by atoms with E-state index in [4.69, 9.17) is 20.4 Å². The monoisotopic (exact) mass is 136 g/mol. The highest BCUT2D eigenvalue weighted by Crippen LogP contribution is 2.28. The fraction of sp³-hybridized carbons (Fsp3) is 1.00. The summed E-state index contributed by atoms with van der Waals surface area (Å²) in [5.41, 5.74) is 0. The lowest BCUT2D eigenvalue weighted by Gasteiger charge is -2.24. The molecule has 1 rings (SSSR count). The number of rotatable bonds is 0. The van der Waals surface area contributed by atoms with Gasteiger partial charge in [-0.3, -0.25) is 0 Å². The molecule has 0 aliphatic carbocycles. The Balaban J connectivity index is 2.75. The van der Waals surface area contributed by atoms with Gasteiger partial charge in [0.2, 0.25) is 5.79 Å². The van der Waals surface area contributed by atoms with Gasteiger partial charge >= 0.3 is 5.97 Å². The molecule has 9 heavy (non-hydrogen) atoms.